The Morgan fingerprint density at radius 1 is 1.00 bits per heavy atom. The number of hydrogen-bond donors (Lipinski definition) is 1. The molecule has 0 amide bonds. The van der Waals surface area contributed by atoms with Crippen molar-refractivity contribution in [2.45, 2.75) is 32.1 Å². The maximum atomic E-state index is 8.98. The average molecular weight is 320 g/mol. The van der Waals surface area contributed by atoms with Crippen LogP contribution in [0.4, 0.5) is 5.69 Å². The molecule has 0 aliphatic carbocycles. The highest BCUT2D eigenvalue weighted by atomic mass is 16.2. The quantitative estimate of drug-likeness (QED) is 0.826. The van der Waals surface area contributed by atoms with Crippen LogP contribution in [0.2, 0.25) is 0 Å². The SMILES string of the molecule is C[N+]1=C(/C=C/Cc2ccc(CCO)cc2)C(C)(C)c2ccccc21. The Kier molecular flexibility index (Phi) is 4.68. The molecule has 2 nitrogen and oxygen atoms in total. The molecule has 3 rings (SSSR count). The third-order valence-corrected chi connectivity index (χ3v) is 4.99. The van der Waals surface area contributed by atoms with Gasteiger partial charge in [-0.2, -0.15) is 4.58 Å². The van der Waals surface area contributed by atoms with Crippen molar-refractivity contribution in [1.82, 2.24) is 0 Å². The number of aliphatic hydroxyl groups is 1. The molecule has 1 heterocycles. The summed E-state index contributed by atoms with van der Waals surface area (Å²) in [5, 5.41) is 8.98. The lowest BCUT2D eigenvalue weighted by Gasteiger charge is -2.15. The topological polar surface area (TPSA) is 23.2 Å². The van der Waals surface area contributed by atoms with Gasteiger partial charge in [-0.25, -0.2) is 0 Å². The van der Waals surface area contributed by atoms with E-state index in [9.17, 15) is 0 Å². The highest BCUT2D eigenvalue weighted by Gasteiger charge is 2.42. The van der Waals surface area contributed by atoms with E-state index in [1.165, 1.54) is 28.1 Å². The molecule has 0 spiro atoms. The maximum Gasteiger partial charge on any atom is 0.209 e. The third kappa shape index (κ3) is 3.07. The highest BCUT2D eigenvalue weighted by molar-refractivity contribution is 6.02. The van der Waals surface area contributed by atoms with Crippen molar-refractivity contribution >= 4 is 11.4 Å². The van der Waals surface area contributed by atoms with Crippen molar-refractivity contribution in [2.75, 3.05) is 13.7 Å². The molecular formula is C22H26NO+. The van der Waals surface area contributed by atoms with E-state index in [0.29, 0.717) is 0 Å². The Hall–Kier alpha value is -2.19. The van der Waals surface area contributed by atoms with Crippen molar-refractivity contribution in [3.63, 3.8) is 0 Å². The summed E-state index contributed by atoms with van der Waals surface area (Å²) in [5.74, 6) is 0. The first-order valence-corrected chi connectivity index (χ1v) is 8.60. The summed E-state index contributed by atoms with van der Waals surface area (Å²) in [4.78, 5) is 0. The van der Waals surface area contributed by atoms with E-state index >= 15 is 0 Å². The van der Waals surface area contributed by atoms with Crippen LogP contribution in [0.1, 0.15) is 30.5 Å². The number of hydrogen-bond acceptors (Lipinski definition) is 1. The van der Waals surface area contributed by atoms with E-state index in [2.05, 4.69) is 86.2 Å². The largest absolute Gasteiger partial charge is 0.396 e. The number of aliphatic hydroxyl groups excluding tert-OH is 1. The first-order valence-electron chi connectivity index (χ1n) is 8.60. The average Bonchev–Trinajstić information content (AvgIpc) is 2.78. The summed E-state index contributed by atoms with van der Waals surface area (Å²) in [6.07, 6.45) is 6.16. The van der Waals surface area contributed by atoms with Gasteiger partial charge >= 0.3 is 0 Å². The summed E-state index contributed by atoms with van der Waals surface area (Å²) in [5.41, 5.74) is 6.54. The minimum atomic E-state index is 0.0346. The van der Waals surface area contributed by atoms with Gasteiger partial charge in [0.05, 0.1) is 5.41 Å². The third-order valence-electron chi connectivity index (χ3n) is 4.99. The summed E-state index contributed by atoms with van der Waals surface area (Å²) in [6, 6.07) is 17.2. The maximum absolute atomic E-state index is 8.98. The molecule has 2 heteroatoms. The van der Waals surface area contributed by atoms with Crippen molar-refractivity contribution in [1.29, 1.82) is 0 Å². The molecule has 2 aromatic rings. The lowest BCUT2D eigenvalue weighted by molar-refractivity contribution is -0.401. The lowest BCUT2D eigenvalue weighted by atomic mass is 9.81. The van der Waals surface area contributed by atoms with Gasteiger partial charge in [0, 0.05) is 24.3 Å². The number of rotatable bonds is 5. The minimum Gasteiger partial charge on any atom is -0.396 e. The van der Waals surface area contributed by atoms with Crippen LogP contribution in [0.25, 0.3) is 0 Å². The predicted octanol–water partition coefficient (Wildman–Crippen LogP) is 4.03. The van der Waals surface area contributed by atoms with E-state index in [-0.39, 0.29) is 12.0 Å². The standard InChI is InChI=1S/C22H26NO/c1-22(2)19-8-4-5-9-20(19)23(3)21(22)10-6-7-17-11-13-18(14-12-17)15-16-24/h4-6,8-14,24H,7,15-16H2,1-3H3/q+1/b10-6+. The summed E-state index contributed by atoms with van der Waals surface area (Å²) >= 11 is 0. The Labute approximate surface area is 144 Å². The van der Waals surface area contributed by atoms with Crippen LogP contribution in [-0.2, 0) is 18.3 Å². The second-order valence-corrected chi connectivity index (χ2v) is 6.98. The molecular weight excluding hydrogens is 294 g/mol. The molecule has 2 aromatic carbocycles. The van der Waals surface area contributed by atoms with Crippen LogP contribution < -0.4 is 0 Å². The first-order chi connectivity index (χ1) is 11.5. The number of allylic oxidation sites excluding steroid dienone is 2. The number of para-hydroxylation sites is 1. The fourth-order valence-electron chi connectivity index (χ4n) is 3.58. The van der Waals surface area contributed by atoms with Crippen molar-refractivity contribution < 1.29 is 9.68 Å². The molecule has 0 aromatic heterocycles. The molecule has 0 atom stereocenters. The smallest absolute Gasteiger partial charge is 0.209 e. The van der Waals surface area contributed by atoms with Gasteiger partial charge in [-0.3, -0.25) is 0 Å². The Bertz CT molecular complexity index is 782. The zero-order chi connectivity index (χ0) is 17.2. The summed E-state index contributed by atoms with van der Waals surface area (Å²) in [7, 11) is 2.15. The molecule has 0 saturated carbocycles. The van der Waals surface area contributed by atoms with Gasteiger partial charge < -0.3 is 5.11 Å². The van der Waals surface area contributed by atoms with E-state index in [0.717, 1.165) is 12.8 Å². The molecule has 0 fully saturated rings. The van der Waals surface area contributed by atoms with Gasteiger partial charge in [-0.15, -0.1) is 0 Å². The first kappa shape index (κ1) is 16.7. The highest BCUT2D eigenvalue weighted by Crippen LogP contribution is 2.38. The van der Waals surface area contributed by atoms with Crippen LogP contribution in [0.15, 0.2) is 60.7 Å². The van der Waals surface area contributed by atoms with Gasteiger partial charge in [0.25, 0.3) is 0 Å². The lowest BCUT2D eigenvalue weighted by Crippen LogP contribution is -2.26. The van der Waals surface area contributed by atoms with Crippen LogP contribution in [0, 0.1) is 0 Å². The predicted molar refractivity (Wildman–Crippen MR) is 100 cm³/mol. The molecule has 0 unspecified atom stereocenters. The van der Waals surface area contributed by atoms with Crippen LogP contribution in [0.5, 0.6) is 0 Å². The molecule has 1 aliphatic heterocycles. The summed E-state index contributed by atoms with van der Waals surface area (Å²) in [6.45, 7) is 4.79. The van der Waals surface area contributed by atoms with Gasteiger partial charge in [-0.1, -0.05) is 48.5 Å². The summed E-state index contributed by atoms with van der Waals surface area (Å²) < 4.78 is 2.30. The van der Waals surface area contributed by atoms with Crippen LogP contribution in [0.3, 0.4) is 0 Å². The van der Waals surface area contributed by atoms with Crippen LogP contribution >= 0.6 is 0 Å². The van der Waals surface area contributed by atoms with Crippen molar-refractivity contribution in [3.05, 3.63) is 77.4 Å². The Morgan fingerprint density at radius 3 is 2.33 bits per heavy atom. The van der Waals surface area contributed by atoms with E-state index in [1.54, 1.807) is 0 Å². The molecule has 124 valence electrons. The minimum absolute atomic E-state index is 0.0346. The number of benzene rings is 2. The van der Waals surface area contributed by atoms with Gasteiger partial charge in [0.2, 0.25) is 5.69 Å². The molecule has 24 heavy (non-hydrogen) atoms. The molecule has 0 bridgehead atoms. The fraction of sp³-hybridized carbons (Fsp3) is 0.318. The van der Waals surface area contributed by atoms with Gasteiger partial charge in [-0.05, 0) is 37.8 Å². The van der Waals surface area contributed by atoms with Crippen LogP contribution in [-0.4, -0.2) is 29.0 Å². The van der Waals surface area contributed by atoms with E-state index < -0.39 is 0 Å². The van der Waals surface area contributed by atoms with Crippen molar-refractivity contribution in [3.8, 4) is 0 Å². The van der Waals surface area contributed by atoms with Gasteiger partial charge in [0.15, 0.2) is 5.71 Å². The fourth-order valence-corrected chi connectivity index (χ4v) is 3.58. The Morgan fingerprint density at radius 2 is 1.67 bits per heavy atom. The monoisotopic (exact) mass is 320 g/mol. The zero-order valence-electron chi connectivity index (χ0n) is 14.8. The second kappa shape index (κ2) is 6.74. The molecule has 0 radical (unpaired) electrons. The van der Waals surface area contributed by atoms with E-state index in [4.69, 9.17) is 5.11 Å². The zero-order valence-corrected chi connectivity index (χ0v) is 14.8. The number of fused-ring (bicyclic) bond motifs is 1. The molecule has 1 N–H and O–H groups in total. The second-order valence-electron chi connectivity index (χ2n) is 6.98. The number of nitrogens with zero attached hydrogens (tertiary/aromatic N) is 1. The molecule has 1 aliphatic rings. The Balaban J connectivity index is 1.76. The van der Waals surface area contributed by atoms with Gasteiger partial charge in [0.1, 0.15) is 7.05 Å². The normalized spacial score (nSPS) is 16.0. The van der Waals surface area contributed by atoms with E-state index in [1.807, 2.05) is 0 Å². The molecule has 0 saturated heterocycles. The van der Waals surface area contributed by atoms with Crippen molar-refractivity contribution in [2.24, 2.45) is 0 Å².